The van der Waals surface area contributed by atoms with E-state index in [1.807, 2.05) is 0 Å². The van der Waals surface area contributed by atoms with Crippen molar-refractivity contribution in [1.29, 1.82) is 0 Å². The molecular formula is C30H32F5N9O4. The summed E-state index contributed by atoms with van der Waals surface area (Å²) in [5.41, 5.74) is -0.0643. The van der Waals surface area contributed by atoms with E-state index in [4.69, 9.17) is 9.05 Å². The van der Waals surface area contributed by atoms with Crippen LogP contribution in [0, 0.1) is 18.3 Å². The lowest BCUT2D eigenvalue weighted by Gasteiger charge is -2.33. The normalized spacial score (nSPS) is 24.5. The summed E-state index contributed by atoms with van der Waals surface area (Å²) in [5, 5.41) is 24.9. The van der Waals surface area contributed by atoms with Crippen LogP contribution in [0.15, 0.2) is 27.5 Å². The second kappa shape index (κ2) is 11.6. The van der Waals surface area contributed by atoms with E-state index in [9.17, 15) is 31.5 Å². The van der Waals surface area contributed by atoms with Crippen LogP contribution in [-0.2, 0) is 11.2 Å². The molecule has 4 aromatic rings. The van der Waals surface area contributed by atoms with Crippen LogP contribution in [-0.4, -0.2) is 65.1 Å². The fourth-order valence-corrected chi connectivity index (χ4v) is 6.97. The van der Waals surface area contributed by atoms with Gasteiger partial charge in [0.25, 0.3) is 5.91 Å². The van der Waals surface area contributed by atoms with Crippen LogP contribution in [0.25, 0.3) is 5.65 Å². The fraction of sp³-hybridized carbons (Fsp3) is 0.600. The number of amides is 2. The van der Waals surface area contributed by atoms with E-state index >= 15 is 0 Å². The summed E-state index contributed by atoms with van der Waals surface area (Å²) in [6, 6.07) is -1.26. The summed E-state index contributed by atoms with van der Waals surface area (Å²) >= 11 is 0. The van der Waals surface area contributed by atoms with Gasteiger partial charge in [-0.05, 0) is 61.2 Å². The Labute approximate surface area is 269 Å². The van der Waals surface area contributed by atoms with Crippen LogP contribution in [0.1, 0.15) is 109 Å². The molecule has 2 saturated carbocycles. The molecule has 1 aliphatic heterocycles. The molecular weight excluding hydrogens is 645 g/mol. The summed E-state index contributed by atoms with van der Waals surface area (Å²) in [4.78, 5) is 31.5. The molecule has 3 fully saturated rings. The molecule has 3 aliphatic rings. The standard InChI is InChI=1S/C30H32F5N9O4/c1-14(26-41-40-15(2)47-26)28(11-20(30(33,34)35)38-27(28)46)10-16-9-21-37-19(13-44(21)36-12-16)22(18-5-7-29(31,32)8-6-18)39-25(45)24-23(17-3-4-17)42-48-43-24/h9,12-14,17-18,20,22H,3-8,10-11H2,1-2H3,(H,38,46)(H,39,45)/t14-,20+,22+,28+/m1/s1. The second-order valence-electron chi connectivity index (χ2n) is 13.2. The minimum atomic E-state index is -4.67. The van der Waals surface area contributed by atoms with Gasteiger partial charge >= 0.3 is 6.18 Å². The van der Waals surface area contributed by atoms with Gasteiger partial charge in [0.15, 0.2) is 11.3 Å². The predicted molar refractivity (Wildman–Crippen MR) is 153 cm³/mol. The number of rotatable bonds is 9. The molecule has 0 unspecified atom stereocenters. The monoisotopic (exact) mass is 677 g/mol. The number of hydrogen-bond donors (Lipinski definition) is 2. The summed E-state index contributed by atoms with van der Waals surface area (Å²) in [6.07, 6.45) is -1.13. The molecule has 0 spiro atoms. The predicted octanol–water partition coefficient (Wildman–Crippen LogP) is 4.76. The van der Waals surface area contributed by atoms with Gasteiger partial charge in [-0.15, -0.1) is 10.2 Å². The molecule has 4 aromatic heterocycles. The average molecular weight is 678 g/mol. The van der Waals surface area contributed by atoms with Gasteiger partial charge in [-0.25, -0.2) is 22.9 Å². The highest BCUT2D eigenvalue weighted by Gasteiger charge is 2.59. The molecule has 48 heavy (non-hydrogen) atoms. The van der Waals surface area contributed by atoms with Gasteiger partial charge in [-0.3, -0.25) is 9.59 Å². The first kappa shape index (κ1) is 32.1. The van der Waals surface area contributed by atoms with Gasteiger partial charge in [0.2, 0.25) is 23.6 Å². The zero-order chi connectivity index (χ0) is 34.0. The SMILES string of the molecule is Cc1nnc([C@@H](C)[C@]2(Cc3cnn4cc([C@@H](NC(=O)c5nonc5C5CC5)C5CCC(F)(F)CC5)nc4c3)C[C@@H](C(F)(F)F)NC2=O)o1. The molecule has 2 amide bonds. The Hall–Kier alpha value is -4.51. The summed E-state index contributed by atoms with van der Waals surface area (Å²) in [6.45, 7) is 3.12. The number of imidazole rings is 1. The largest absolute Gasteiger partial charge is 0.425 e. The van der Waals surface area contributed by atoms with Crippen molar-refractivity contribution >= 4 is 17.5 Å². The van der Waals surface area contributed by atoms with Crippen molar-refractivity contribution in [2.75, 3.05) is 0 Å². The molecule has 18 heteroatoms. The Morgan fingerprint density at radius 2 is 1.92 bits per heavy atom. The first-order valence-corrected chi connectivity index (χ1v) is 15.8. The molecule has 7 rings (SSSR count). The Balaban J connectivity index is 1.20. The maximum absolute atomic E-state index is 14.1. The average Bonchev–Trinajstić information content (AvgIpc) is 3.36. The lowest BCUT2D eigenvalue weighted by Crippen LogP contribution is -2.40. The van der Waals surface area contributed by atoms with Crippen LogP contribution in [0.4, 0.5) is 22.0 Å². The van der Waals surface area contributed by atoms with Gasteiger partial charge in [0.05, 0.1) is 29.5 Å². The zero-order valence-electron chi connectivity index (χ0n) is 25.9. The van der Waals surface area contributed by atoms with E-state index in [1.54, 1.807) is 26.1 Å². The number of nitrogens with zero attached hydrogens (tertiary/aromatic N) is 7. The lowest BCUT2D eigenvalue weighted by molar-refractivity contribution is -0.155. The van der Waals surface area contributed by atoms with E-state index in [2.05, 4.69) is 41.2 Å². The molecule has 0 aromatic carbocycles. The number of halogens is 5. The molecule has 0 radical (unpaired) electrons. The molecule has 4 atom stereocenters. The van der Waals surface area contributed by atoms with Crippen LogP contribution in [0.3, 0.4) is 0 Å². The van der Waals surface area contributed by atoms with Gasteiger partial charge in [0.1, 0.15) is 11.7 Å². The van der Waals surface area contributed by atoms with Crippen LogP contribution in [0.2, 0.25) is 0 Å². The highest BCUT2D eigenvalue weighted by atomic mass is 19.4. The number of carbonyl (C=O) groups excluding carboxylic acids is 2. The van der Waals surface area contributed by atoms with E-state index in [1.165, 1.54) is 10.7 Å². The van der Waals surface area contributed by atoms with Gasteiger partial charge in [0, 0.05) is 31.6 Å². The van der Waals surface area contributed by atoms with Gasteiger partial charge in [-0.2, -0.15) is 18.3 Å². The minimum absolute atomic E-state index is 0.0337. The number of aromatic nitrogens is 7. The highest BCUT2D eigenvalue weighted by Crippen LogP contribution is 2.49. The van der Waals surface area contributed by atoms with E-state index < -0.39 is 53.8 Å². The third-order valence-electron chi connectivity index (χ3n) is 9.91. The topological polar surface area (TPSA) is 166 Å². The third-order valence-corrected chi connectivity index (χ3v) is 9.91. The van der Waals surface area contributed by atoms with Crippen LogP contribution in [0.5, 0.6) is 0 Å². The molecule has 13 nitrogen and oxygen atoms in total. The second-order valence-corrected chi connectivity index (χ2v) is 13.2. The maximum atomic E-state index is 14.1. The smallest absolute Gasteiger partial charge is 0.408 e. The van der Waals surface area contributed by atoms with Crippen molar-refractivity contribution < 1.29 is 40.6 Å². The Morgan fingerprint density at radius 3 is 2.56 bits per heavy atom. The molecule has 5 heterocycles. The van der Waals surface area contributed by atoms with Crippen LogP contribution >= 0.6 is 0 Å². The minimum Gasteiger partial charge on any atom is -0.425 e. The fourth-order valence-electron chi connectivity index (χ4n) is 6.97. The van der Waals surface area contributed by atoms with E-state index in [-0.39, 0.29) is 67.1 Å². The first-order chi connectivity index (χ1) is 22.7. The van der Waals surface area contributed by atoms with Crippen molar-refractivity contribution in [3.8, 4) is 0 Å². The van der Waals surface area contributed by atoms with Crippen molar-refractivity contribution in [1.82, 2.24) is 45.7 Å². The Bertz CT molecular complexity index is 1840. The summed E-state index contributed by atoms with van der Waals surface area (Å²) in [5.74, 6) is -5.13. The molecule has 2 N–H and O–H groups in total. The Morgan fingerprint density at radius 1 is 1.17 bits per heavy atom. The van der Waals surface area contributed by atoms with Gasteiger partial charge in [-0.1, -0.05) is 12.1 Å². The molecule has 2 aliphatic carbocycles. The number of nitrogens with one attached hydrogen (secondary N) is 2. The first-order valence-electron chi connectivity index (χ1n) is 15.8. The summed E-state index contributed by atoms with van der Waals surface area (Å²) < 4.78 is 81.5. The van der Waals surface area contributed by atoms with Crippen LogP contribution < -0.4 is 10.6 Å². The molecule has 0 bridgehead atoms. The van der Waals surface area contributed by atoms with E-state index in [0.717, 1.165) is 12.8 Å². The number of aryl methyl sites for hydroxylation is 1. The summed E-state index contributed by atoms with van der Waals surface area (Å²) in [7, 11) is 0. The third kappa shape index (κ3) is 6.00. The lowest BCUT2D eigenvalue weighted by atomic mass is 9.70. The quantitative estimate of drug-likeness (QED) is 0.236. The van der Waals surface area contributed by atoms with Crippen molar-refractivity contribution in [3.63, 3.8) is 0 Å². The van der Waals surface area contributed by atoms with E-state index in [0.29, 0.717) is 17.0 Å². The number of alkyl halides is 5. The Kier molecular flexibility index (Phi) is 7.73. The van der Waals surface area contributed by atoms with Gasteiger partial charge < -0.3 is 15.1 Å². The number of carbonyl (C=O) groups is 2. The molecule has 256 valence electrons. The zero-order valence-corrected chi connectivity index (χ0v) is 25.9. The number of hydrogen-bond acceptors (Lipinski definition) is 10. The highest BCUT2D eigenvalue weighted by molar-refractivity contribution is 5.93. The van der Waals surface area contributed by atoms with Crippen molar-refractivity contribution in [2.24, 2.45) is 11.3 Å². The maximum Gasteiger partial charge on any atom is 0.408 e. The molecule has 1 saturated heterocycles. The number of fused-ring (bicyclic) bond motifs is 1. The van der Waals surface area contributed by atoms with Crippen molar-refractivity contribution in [3.05, 3.63) is 52.9 Å². The van der Waals surface area contributed by atoms with Crippen molar-refractivity contribution in [2.45, 2.75) is 101 Å².